The molecule has 0 spiro atoms. The van der Waals surface area contributed by atoms with Crippen LogP contribution < -0.4 is 0 Å². The van der Waals surface area contributed by atoms with Crippen molar-refractivity contribution in [1.29, 1.82) is 0 Å². The van der Waals surface area contributed by atoms with Crippen molar-refractivity contribution < 1.29 is 39.2 Å². The number of rotatable bonds is 5. The van der Waals surface area contributed by atoms with Gasteiger partial charge in [0.1, 0.15) is 0 Å². The molecular formula is C6H7FO7. The highest BCUT2D eigenvalue weighted by Crippen LogP contribution is 2.19. The number of aliphatic carboxylic acids is 3. The summed E-state index contributed by atoms with van der Waals surface area (Å²) >= 11 is 0. The summed E-state index contributed by atoms with van der Waals surface area (Å²) in [6.07, 6.45) is -4.73. The maximum atomic E-state index is 12.7. The van der Waals surface area contributed by atoms with E-state index < -0.39 is 36.1 Å². The molecule has 0 saturated heterocycles. The van der Waals surface area contributed by atoms with Gasteiger partial charge in [0.25, 0.3) is 0 Å². The van der Waals surface area contributed by atoms with Crippen molar-refractivity contribution in [2.24, 2.45) is 0 Å². The van der Waals surface area contributed by atoms with Crippen molar-refractivity contribution in [1.82, 2.24) is 0 Å². The van der Waals surface area contributed by atoms with E-state index in [0.717, 1.165) is 0 Å². The highest BCUT2D eigenvalue weighted by atomic mass is 19.1. The molecule has 0 aliphatic rings. The zero-order valence-electron chi connectivity index (χ0n) is 6.68. The largest absolute Gasteiger partial charge is 0.481 e. The van der Waals surface area contributed by atoms with Crippen molar-refractivity contribution in [2.45, 2.75) is 18.2 Å². The first-order chi connectivity index (χ1) is 6.21. The fourth-order valence-corrected chi connectivity index (χ4v) is 0.708. The minimum atomic E-state index is -3.45. The number of alkyl halides is 1. The number of carboxylic acids is 3. The van der Waals surface area contributed by atoms with Crippen LogP contribution in [0, 0.1) is 0 Å². The molecular weight excluding hydrogens is 203 g/mol. The van der Waals surface area contributed by atoms with E-state index in [4.69, 9.17) is 20.4 Å². The van der Waals surface area contributed by atoms with Crippen LogP contribution in [0.1, 0.15) is 6.42 Å². The molecule has 0 heterocycles. The second-order valence-electron chi connectivity index (χ2n) is 2.50. The first-order valence-corrected chi connectivity index (χ1v) is 3.26. The Morgan fingerprint density at radius 2 is 1.64 bits per heavy atom. The molecule has 0 aromatic carbocycles. The molecule has 0 radical (unpaired) electrons. The molecule has 80 valence electrons. The van der Waals surface area contributed by atoms with E-state index in [1.165, 1.54) is 0 Å². The lowest BCUT2D eigenvalue weighted by Crippen LogP contribution is -2.52. The van der Waals surface area contributed by atoms with E-state index in [2.05, 4.69) is 0 Å². The monoisotopic (exact) mass is 210 g/mol. The molecule has 0 rings (SSSR count). The summed E-state index contributed by atoms with van der Waals surface area (Å²) in [5, 5.41) is 33.5. The molecule has 0 saturated carbocycles. The second-order valence-corrected chi connectivity index (χ2v) is 2.50. The van der Waals surface area contributed by atoms with E-state index in [-0.39, 0.29) is 0 Å². The number of hydrogen-bond acceptors (Lipinski definition) is 4. The Morgan fingerprint density at radius 3 is 1.86 bits per heavy atom. The molecule has 7 nitrogen and oxygen atoms in total. The highest BCUT2D eigenvalue weighted by Gasteiger charge is 2.51. The third-order valence-corrected chi connectivity index (χ3v) is 1.43. The van der Waals surface area contributed by atoms with Gasteiger partial charge in [0.15, 0.2) is 0 Å². The number of halogens is 1. The molecule has 0 aromatic rings. The van der Waals surface area contributed by atoms with Gasteiger partial charge in [-0.1, -0.05) is 0 Å². The van der Waals surface area contributed by atoms with E-state index in [0.29, 0.717) is 0 Å². The third-order valence-electron chi connectivity index (χ3n) is 1.43. The Hall–Kier alpha value is -1.70. The van der Waals surface area contributed by atoms with Crippen LogP contribution in [0.5, 0.6) is 0 Å². The van der Waals surface area contributed by atoms with Gasteiger partial charge in [-0.15, -0.1) is 0 Å². The highest BCUT2D eigenvalue weighted by molar-refractivity contribution is 5.90. The lowest BCUT2D eigenvalue weighted by atomic mass is 9.94. The van der Waals surface area contributed by atoms with Crippen LogP contribution in [-0.2, 0) is 14.4 Å². The van der Waals surface area contributed by atoms with Crippen LogP contribution in [0.3, 0.4) is 0 Å². The van der Waals surface area contributed by atoms with Crippen LogP contribution in [0.15, 0.2) is 0 Å². The number of hydrogen-bond donors (Lipinski definition) is 4. The molecule has 0 unspecified atom stereocenters. The summed E-state index contributed by atoms with van der Waals surface area (Å²) in [7, 11) is 0. The van der Waals surface area contributed by atoms with Crippen molar-refractivity contribution in [3.63, 3.8) is 0 Å². The summed E-state index contributed by atoms with van der Waals surface area (Å²) < 4.78 is 12.7. The molecule has 0 aliphatic heterocycles. The number of carbonyl (C=O) groups is 3. The van der Waals surface area contributed by atoms with Crippen molar-refractivity contribution >= 4 is 17.9 Å². The van der Waals surface area contributed by atoms with Gasteiger partial charge in [-0.3, -0.25) is 4.79 Å². The summed E-state index contributed by atoms with van der Waals surface area (Å²) in [5.74, 6) is -6.30. The predicted octanol–water partition coefficient (Wildman–Crippen LogP) is -1.30. The van der Waals surface area contributed by atoms with Gasteiger partial charge in [0.05, 0.1) is 6.42 Å². The molecule has 0 bridgehead atoms. The van der Waals surface area contributed by atoms with Crippen LogP contribution in [0.25, 0.3) is 0 Å². The minimum absolute atomic E-state index is 1.53. The van der Waals surface area contributed by atoms with Gasteiger partial charge >= 0.3 is 17.9 Å². The fourth-order valence-electron chi connectivity index (χ4n) is 0.708. The summed E-state index contributed by atoms with van der Waals surface area (Å²) in [6.45, 7) is 0. The predicted molar refractivity (Wildman–Crippen MR) is 37.4 cm³/mol. The quantitative estimate of drug-likeness (QED) is 0.443. The molecule has 0 aromatic heterocycles. The second kappa shape index (κ2) is 4.01. The van der Waals surface area contributed by atoms with E-state index in [9.17, 15) is 18.8 Å². The first kappa shape index (κ1) is 12.3. The lowest BCUT2D eigenvalue weighted by molar-refractivity contribution is -0.180. The number of aliphatic hydroxyl groups is 1. The van der Waals surface area contributed by atoms with Gasteiger partial charge in [0, 0.05) is 0 Å². The SMILES string of the molecule is O=C(O)C[C@@](O)(C(=O)O)[C@H](F)C(=O)O. The maximum absolute atomic E-state index is 12.7. The molecule has 0 aliphatic carbocycles. The Bertz CT molecular complexity index is 275. The van der Waals surface area contributed by atoms with Gasteiger partial charge in [-0.25, -0.2) is 14.0 Å². The number of carboxylic acid groups (broad SMARTS) is 3. The lowest BCUT2D eigenvalue weighted by Gasteiger charge is -2.22. The third kappa shape index (κ3) is 2.39. The van der Waals surface area contributed by atoms with Crippen molar-refractivity contribution in [3.05, 3.63) is 0 Å². The molecule has 14 heavy (non-hydrogen) atoms. The van der Waals surface area contributed by atoms with E-state index >= 15 is 0 Å². The normalized spacial score (nSPS) is 16.7. The van der Waals surface area contributed by atoms with Gasteiger partial charge < -0.3 is 20.4 Å². The fraction of sp³-hybridized carbons (Fsp3) is 0.500. The topological polar surface area (TPSA) is 132 Å². The standard InChI is InChI=1S/C6H7FO7/c7-3(4(10)11)6(14,5(12)13)1-2(8)9/h3,14H,1H2,(H,8,9)(H,10,11)(H,12,13)/t3-,6+/m1/s1. The molecule has 4 N–H and O–H groups in total. The Kier molecular flexibility index (Phi) is 3.52. The Morgan fingerprint density at radius 1 is 1.21 bits per heavy atom. The van der Waals surface area contributed by atoms with Crippen LogP contribution in [-0.4, -0.2) is 50.1 Å². The summed E-state index contributed by atoms with van der Waals surface area (Å²) in [5.41, 5.74) is -3.45. The van der Waals surface area contributed by atoms with E-state index in [1.54, 1.807) is 0 Å². The average Bonchev–Trinajstić information content (AvgIpc) is 2.00. The Balaban J connectivity index is 4.99. The zero-order valence-corrected chi connectivity index (χ0v) is 6.68. The minimum Gasteiger partial charge on any atom is -0.481 e. The zero-order chi connectivity index (χ0) is 11.5. The smallest absolute Gasteiger partial charge is 0.342 e. The molecule has 0 amide bonds. The van der Waals surface area contributed by atoms with Gasteiger partial charge in [0.2, 0.25) is 11.8 Å². The molecule has 0 fully saturated rings. The molecule has 8 heteroatoms. The molecule has 2 atom stereocenters. The summed E-state index contributed by atoms with van der Waals surface area (Å²) in [4.78, 5) is 30.4. The Labute approximate surface area is 76.4 Å². The van der Waals surface area contributed by atoms with E-state index in [1.807, 2.05) is 0 Å². The van der Waals surface area contributed by atoms with Gasteiger partial charge in [-0.2, -0.15) is 0 Å². The van der Waals surface area contributed by atoms with Gasteiger partial charge in [-0.05, 0) is 0 Å². The van der Waals surface area contributed by atoms with Crippen molar-refractivity contribution in [2.75, 3.05) is 0 Å². The maximum Gasteiger partial charge on any atom is 0.342 e. The first-order valence-electron chi connectivity index (χ1n) is 3.26. The van der Waals surface area contributed by atoms with Crippen LogP contribution in [0.2, 0.25) is 0 Å². The van der Waals surface area contributed by atoms with Crippen LogP contribution >= 0.6 is 0 Å². The average molecular weight is 210 g/mol. The summed E-state index contributed by atoms with van der Waals surface area (Å²) in [6, 6.07) is 0. The van der Waals surface area contributed by atoms with Crippen LogP contribution in [0.4, 0.5) is 4.39 Å². The van der Waals surface area contributed by atoms with Crippen molar-refractivity contribution in [3.8, 4) is 0 Å².